The lowest BCUT2D eigenvalue weighted by Crippen LogP contribution is -2.21. The molecule has 9 nitrogen and oxygen atoms in total. The number of carbonyl (C=O) groups is 1. The normalized spacial score (nSPS) is 11.5. The number of carbonyl (C=O) groups excluding carboxylic acids is 1. The number of aromatic nitrogens is 3. The molecule has 0 saturated carbocycles. The van der Waals surface area contributed by atoms with E-state index >= 15 is 0 Å². The first-order valence-electron chi connectivity index (χ1n) is 10.7. The molecule has 0 aliphatic heterocycles. The number of nitrogens with zero attached hydrogens (tertiary/aromatic N) is 4. The molecule has 0 bridgehead atoms. The Labute approximate surface area is 193 Å². The zero-order chi connectivity index (χ0) is 23.8. The van der Waals surface area contributed by atoms with Crippen LogP contribution in [0.2, 0.25) is 0 Å². The van der Waals surface area contributed by atoms with E-state index in [0.717, 1.165) is 22.6 Å². The van der Waals surface area contributed by atoms with E-state index in [1.54, 1.807) is 32.5 Å². The summed E-state index contributed by atoms with van der Waals surface area (Å²) in [5.41, 5.74) is 3.19. The van der Waals surface area contributed by atoms with E-state index in [0.29, 0.717) is 30.2 Å². The number of hydrogen-bond acceptors (Lipinski definition) is 8. The van der Waals surface area contributed by atoms with Crippen LogP contribution in [0, 0.1) is 0 Å². The number of aliphatic hydroxyl groups excluding tert-OH is 1. The van der Waals surface area contributed by atoms with Gasteiger partial charge in [-0.15, -0.1) is 0 Å². The maximum atomic E-state index is 11.9. The van der Waals surface area contributed by atoms with Gasteiger partial charge in [-0.2, -0.15) is 0 Å². The fourth-order valence-electron chi connectivity index (χ4n) is 3.41. The van der Waals surface area contributed by atoms with Gasteiger partial charge in [0.1, 0.15) is 23.7 Å². The Kier molecular flexibility index (Phi) is 8.15. The van der Waals surface area contributed by atoms with Gasteiger partial charge in [0.2, 0.25) is 0 Å². The molecule has 33 heavy (non-hydrogen) atoms. The second-order valence-corrected chi connectivity index (χ2v) is 7.66. The number of aliphatic hydroxyl groups is 1. The van der Waals surface area contributed by atoms with E-state index in [4.69, 9.17) is 9.84 Å². The molecule has 9 heteroatoms. The van der Waals surface area contributed by atoms with E-state index in [9.17, 15) is 4.79 Å². The van der Waals surface area contributed by atoms with Crippen molar-refractivity contribution in [3.8, 4) is 17.0 Å². The van der Waals surface area contributed by atoms with Crippen molar-refractivity contribution in [2.24, 2.45) is 0 Å². The van der Waals surface area contributed by atoms with E-state index in [-0.39, 0.29) is 18.4 Å². The van der Waals surface area contributed by atoms with Crippen LogP contribution in [-0.2, 0) is 0 Å². The summed E-state index contributed by atoms with van der Waals surface area (Å²) in [6.07, 6.45) is 3.28. The Balaban J connectivity index is 1.69. The van der Waals surface area contributed by atoms with Crippen LogP contribution in [0.4, 0.5) is 11.6 Å². The average molecular weight is 451 g/mol. The molecule has 0 fully saturated rings. The van der Waals surface area contributed by atoms with Crippen molar-refractivity contribution in [1.82, 2.24) is 20.3 Å². The average Bonchev–Trinajstić information content (AvgIpc) is 2.86. The van der Waals surface area contributed by atoms with Crippen molar-refractivity contribution in [2.75, 3.05) is 51.1 Å². The third kappa shape index (κ3) is 5.95. The van der Waals surface area contributed by atoms with Crippen molar-refractivity contribution in [1.29, 1.82) is 0 Å². The Hall–Kier alpha value is -3.72. The van der Waals surface area contributed by atoms with Gasteiger partial charge in [-0.05, 0) is 29.8 Å². The van der Waals surface area contributed by atoms with Crippen LogP contribution in [0.1, 0.15) is 28.8 Å². The fourth-order valence-corrected chi connectivity index (χ4v) is 3.41. The number of benzene rings is 1. The molecule has 0 radical (unpaired) electrons. The molecule has 2 aromatic heterocycles. The molecule has 1 unspecified atom stereocenters. The predicted molar refractivity (Wildman–Crippen MR) is 129 cm³/mol. The highest BCUT2D eigenvalue weighted by Gasteiger charge is 2.15. The molecule has 3 aromatic rings. The Morgan fingerprint density at radius 3 is 2.67 bits per heavy atom. The Bertz CT molecular complexity index is 1070. The number of likely N-dealkylation sites (N-methyl/N-ethyl adjacent to an activating group) is 1. The van der Waals surface area contributed by atoms with E-state index < -0.39 is 0 Å². The molecule has 3 N–H and O–H groups in total. The largest absolute Gasteiger partial charge is 0.496 e. The second kappa shape index (κ2) is 11.2. The van der Waals surface area contributed by atoms with Crippen LogP contribution in [-0.4, -0.2) is 66.9 Å². The molecular weight excluding hydrogens is 420 g/mol. The lowest BCUT2D eigenvalue weighted by Gasteiger charge is -2.18. The number of ether oxygens (including phenoxy) is 1. The topological polar surface area (TPSA) is 113 Å². The summed E-state index contributed by atoms with van der Waals surface area (Å²) in [6.45, 7) is 3.29. The Morgan fingerprint density at radius 2 is 2.00 bits per heavy atom. The minimum Gasteiger partial charge on any atom is -0.496 e. The zero-order valence-corrected chi connectivity index (χ0v) is 19.4. The third-order valence-electron chi connectivity index (χ3n) is 5.38. The smallest absolute Gasteiger partial charge is 0.251 e. The summed E-state index contributed by atoms with van der Waals surface area (Å²) in [4.78, 5) is 26.9. The highest BCUT2D eigenvalue weighted by Crippen LogP contribution is 2.28. The third-order valence-corrected chi connectivity index (χ3v) is 5.38. The highest BCUT2D eigenvalue weighted by atomic mass is 16.5. The summed E-state index contributed by atoms with van der Waals surface area (Å²) in [5, 5.41) is 15.1. The Morgan fingerprint density at radius 1 is 1.18 bits per heavy atom. The van der Waals surface area contributed by atoms with Crippen molar-refractivity contribution in [3.05, 3.63) is 60.0 Å². The summed E-state index contributed by atoms with van der Waals surface area (Å²) >= 11 is 0. The molecule has 0 aliphatic carbocycles. The van der Waals surface area contributed by atoms with Crippen molar-refractivity contribution >= 4 is 17.5 Å². The number of amides is 1. The van der Waals surface area contributed by atoms with E-state index in [1.807, 2.05) is 36.2 Å². The molecule has 1 aromatic carbocycles. The number of methoxy groups -OCH3 is 1. The van der Waals surface area contributed by atoms with Crippen LogP contribution in [0.3, 0.4) is 0 Å². The van der Waals surface area contributed by atoms with Crippen molar-refractivity contribution in [2.45, 2.75) is 12.8 Å². The minimum absolute atomic E-state index is 0.0728. The van der Waals surface area contributed by atoms with E-state index in [1.165, 1.54) is 6.33 Å². The van der Waals surface area contributed by atoms with Gasteiger partial charge in [0.25, 0.3) is 5.91 Å². The SMILES string of the molecule is CNC(=O)c1ccc(C(C)CNc2cc(-c3ccc(N(C)CCO)nc3)ncn2)c(OC)c1. The first-order valence-corrected chi connectivity index (χ1v) is 10.7. The van der Waals surface area contributed by atoms with Crippen LogP contribution >= 0.6 is 0 Å². The van der Waals surface area contributed by atoms with Gasteiger partial charge in [-0.1, -0.05) is 13.0 Å². The lowest BCUT2D eigenvalue weighted by molar-refractivity contribution is 0.0962. The van der Waals surface area contributed by atoms with Gasteiger partial charge in [0.15, 0.2) is 0 Å². The first-order chi connectivity index (χ1) is 16.0. The maximum absolute atomic E-state index is 11.9. The zero-order valence-electron chi connectivity index (χ0n) is 19.4. The summed E-state index contributed by atoms with van der Waals surface area (Å²) < 4.78 is 5.51. The van der Waals surface area contributed by atoms with Gasteiger partial charge in [-0.3, -0.25) is 4.79 Å². The van der Waals surface area contributed by atoms with Crippen LogP contribution in [0.5, 0.6) is 5.75 Å². The van der Waals surface area contributed by atoms with Crippen LogP contribution < -0.4 is 20.3 Å². The molecule has 0 saturated heterocycles. The molecule has 2 heterocycles. The maximum Gasteiger partial charge on any atom is 0.251 e. The van der Waals surface area contributed by atoms with Crippen LogP contribution in [0.25, 0.3) is 11.3 Å². The summed E-state index contributed by atoms with van der Waals surface area (Å²) in [5.74, 6) is 2.12. The molecule has 3 rings (SSSR count). The van der Waals surface area contributed by atoms with Crippen LogP contribution in [0.15, 0.2) is 48.9 Å². The minimum atomic E-state index is -0.151. The van der Waals surface area contributed by atoms with Gasteiger partial charge >= 0.3 is 0 Å². The standard InChI is InChI=1S/C24H30N6O3/c1-16(19-7-5-17(24(32)25-2)11-21(19)33-4)13-26-22-12-20(28-15-29-22)18-6-8-23(27-14-18)30(3)9-10-31/h5-8,11-12,14-16,31H,9-10,13H2,1-4H3,(H,25,32)(H,26,28,29). The van der Waals surface area contributed by atoms with Gasteiger partial charge in [0.05, 0.1) is 19.4 Å². The van der Waals surface area contributed by atoms with Gasteiger partial charge < -0.3 is 25.4 Å². The first kappa shape index (κ1) is 23.9. The molecule has 1 amide bonds. The fraction of sp³-hybridized carbons (Fsp3) is 0.333. The van der Waals surface area contributed by atoms with Crippen molar-refractivity contribution < 1.29 is 14.6 Å². The molecule has 1 atom stereocenters. The molecule has 0 spiro atoms. The monoisotopic (exact) mass is 450 g/mol. The number of nitrogens with one attached hydrogen (secondary N) is 2. The summed E-state index contributed by atoms with van der Waals surface area (Å²) in [6, 6.07) is 11.2. The predicted octanol–water partition coefficient (Wildman–Crippen LogP) is 2.55. The van der Waals surface area contributed by atoms with E-state index in [2.05, 4.69) is 32.5 Å². The molecule has 0 aliphatic rings. The summed E-state index contributed by atoms with van der Waals surface area (Å²) in [7, 11) is 5.09. The second-order valence-electron chi connectivity index (χ2n) is 7.66. The van der Waals surface area contributed by atoms with Gasteiger partial charge in [-0.25, -0.2) is 15.0 Å². The number of pyridine rings is 1. The van der Waals surface area contributed by atoms with Crippen molar-refractivity contribution in [3.63, 3.8) is 0 Å². The molecule has 174 valence electrons. The highest BCUT2D eigenvalue weighted by molar-refractivity contribution is 5.94. The number of anilines is 2. The molecular formula is C24H30N6O3. The quantitative estimate of drug-likeness (QED) is 0.432. The number of hydrogen-bond donors (Lipinski definition) is 3. The lowest BCUT2D eigenvalue weighted by atomic mass is 9.98. The number of rotatable bonds is 10. The van der Waals surface area contributed by atoms with Gasteiger partial charge in [0, 0.05) is 56.5 Å².